The summed E-state index contributed by atoms with van der Waals surface area (Å²) in [7, 11) is 0. The van der Waals surface area contributed by atoms with E-state index < -0.39 is 0 Å². The minimum atomic E-state index is -0.366. The lowest BCUT2D eigenvalue weighted by molar-refractivity contribution is 0.0555. The number of benzene rings is 2. The Morgan fingerprint density at radius 1 is 0.774 bits per heavy atom. The first-order valence-electron chi connectivity index (χ1n) is 9.76. The summed E-state index contributed by atoms with van der Waals surface area (Å²) in [6.07, 6.45) is 4.96. The molecule has 0 N–H and O–H groups in total. The number of hydrogen-bond donors (Lipinski definition) is 0. The maximum atomic E-state index is 12.5. The summed E-state index contributed by atoms with van der Waals surface area (Å²) in [4.78, 5) is 14.0. The molecule has 31 heavy (non-hydrogen) atoms. The van der Waals surface area contributed by atoms with Gasteiger partial charge >= 0.3 is 5.97 Å². The van der Waals surface area contributed by atoms with Crippen molar-refractivity contribution in [1.82, 2.24) is 0 Å². The number of ether oxygens (including phenoxy) is 3. The third kappa shape index (κ3) is 5.74. The van der Waals surface area contributed by atoms with Gasteiger partial charge in [-0.1, -0.05) is 50.1 Å². The molecule has 0 unspecified atom stereocenters. The predicted molar refractivity (Wildman–Crippen MR) is 127 cm³/mol. The highest BCUT2D eigenvalue weighted by atomic mass is 32.1. The SMILES string of the molecule is C=CCOC(=O)c1cc(-c2ccc(OCC=C)cc2)c(-c2ccc(OCC=C)cc2)s1. The molecule has 5 heteroatoms. The van der Waals surface area contributed by atoms with Gasteiger partial charge in [0.2, 0.25) is 0 Å². The van der Waals surface area contributed by atoms with Gasteiger partial charge in [0.15, 0.2) is 0 Å². The van der Waals surface area contributed by atoms with Crippen LogP contribution in [0.2, 0.25) is 0 Å². The first-order valence-corrected chi connectivity index (χ1v) is 10.6. The highest BCUT2D eigenvalue weighted by Gasteiger charge is 2.18. The number of esters is 1. The van der Waals surface area contributed by atoms with Crippen molar-refractivity contribution in [3.63, 3.8) is 0 Å². The zero-order chi connectivity index (χ0) is 22.1. The van der Waals surface area contributed by atoms with Crippen LogP contribution in [-0.2, 0) is 4.74 Å². The molecule has 0 aliphatic rings. The summed E-state index contributed by atoms with van der Waals surface area (Å²) in [5.41, 5.74) is 2.92. The van der Waals surface area contributed by atoms with Crippen LogP contribution in [0.25, 0.3) is 21.6 Å². The van der Waals surface area contributed by atoms with E-state index in [2.05, 4.69) is 19.7 Å². The number of thiophene rings is 1. The smallest absolute Gasteiger partial charge is 0.348 e. The minimum Gasteiger partial charge on any atom is -0.490 e. The molecule has 0 aliphatic carbocycles. The van der Waals surface area contributed by atoms with Crippen molar-refractivity contribution in [2.45, 2.75) is 0 Å². The van der Waals surface area contributed by atoms with E-state index in [4.69, 9.17) is 14.2 Å². The van der Waals surface area contributed by atoms with Crippen molar-refractivity contribution >= 4 is 17.3 Å². The number of rotatable bonds is 11. The van der Waals surface area contributed by atoms with E-state index in [9.17, 15) is 4.79 Å². The molecule has 0 radical (unpaired) electrons. The Kier molecular flexibility index (Phi) is 7.85. The second-order valence-corrected chi connectivity index (χ2v) is 7.54. The molecular weight excluding hydrogens is 408 g/mol. The fourth-order valence-electron chi connectivity index (χ4n) is 2.87. The number of carbonyl (C=O) groups is 1. The molecule has 0 spiro atoms. The first kappa shape index (κ1) is 22.1. The van der Waals surface area contributed by atoms with E-state index in [1.165, 1.54) is 11.3 Å². The molecule has 3 aromatic rings. The molecular formula is C26H24O4S. The highest BCUT2D eigenvalue weighted by Crippen LogP contribution is 2.40. The van der Waals surface area contributed by atoms with Crippen molar-refractivity contribution in [2.75, 3.05) is 19.8 Å². The minimum absolute atomic E-state index is 0.173. The second kappa shape index (κ2) is 11.0. The zero-order valence-corrected chi connectivity index (χ0v) is 18.0. The maximum absolute atomic E-state index is 12.5. The summed E-state index contributed by atoms with van der Waals surface area (Å²) in [6, 6.07) is 17.4. The average Bonchev–Trinajstić information content (AvgIpc) is 3.26. The molecule has 1 aromatic heterocycles. The van der Waals surface area contributed by atoms with Gasteiger partial charge in [0, 0.05) is 10.4 Å². The Morgan fingerprint density at radius 3 is 1.81 bits per heavy atom. The predicted octanol–water partition coefficient (Wildman–Crippen LogP) is 6.55. The highest BCUT2D eigenvalue weighted by molar-refractivity contribution is 7.18. The summed E-state index contributed by atoms with van der Waals surface area (Å²) in [5, 5.41) is 0. The fourth-order valence-corrected chi connectivity index (χ4v) is 3.95. The fraction of sp³-hybridized carbons (Fsp3) is 0.115. The Balaban J connectivity index is 1.97. The molecule has 0 aliphatic heterocycles. The molecule has 0 fully saturated rings. The first-order chi connectivity index (χ1) is 15.2. The average molecular weight is 433 g/mol. The van der Waals surface area contributed by atoms with Gasteiger partial charge < -0.3 is 14.2 Å². The summed E-state index contributed by atoms with van der Waals surface area (Å²) in [5.74, 6) is 1.15. The van der Waals surface area contributed by atoms with Gasteiger partial charge in [-0.2, -0.15) is 0 Å². The quantitative estimate of drug-likeness (QED) is 0.254. The van der Waals surface area contributed by atoms with E-state index in [1.54, 1.807) is 18.2 Å². The lowest BCUT2D eigenvalue weighted by Crippen LogP contribution is -2.02. The number of carbonyl (C=O) groups excluding carboxylic acids is 1. The van der Waals surface area contributed by atoms with Crippen LogP contribution in [-0.4, -0.2) is 25.8 Å². The molecule has 4 nitrogen and oxygen atoms in total. The van der Waals surface area contributed by atoms with Crippen molar-refractivity contribution in [1.29, 1.82) is 0 Å². The molecule has 3 rings (SSSR count). The van der Waals surface area contributed by atoms with Crippen molar-refractivity contribution in [2.24, 2.45) is 0 Å². The van der Waals surface area contributed by atoms with Gasteiger partial charge in [0.25, 0.3) is 0 Å². The largest absolute Gasteiger partial charge is 0.490 e. The van der Waals surface area contributed by atoms with Gasteiger partial charge in [-0.05, 0) is 53.6 Å². The standard InChI is InChI=1S/C26H24O4S/c1-4-15-28-21-11-7-19(8-12-21)23-18-24(26(27)30-17-6-3)31-25(23)20-9-13-22(14-10-20)29-16-5-2/h4-14,18H,1-3,15-17H2. The van der Waals surface area contributed by atoms with Crippen molar-refractivity contribution in [3.05, 3.63) is 97.4 Å². The molecule has 158 valence electrons. The van der Waals surface area contributed by atoms with E-state index >= 15 is 0 Å². The monoisotopic (exact) mass is 432 g/mol. The summed E-state index contributed by atoms with van der Waals surface area (Å²) in [6.45, 7) is 12.0. The number of hydrogen-bond acceptors (Lipinski definition) is 5. The molecule has 0 saturated carbocycles. The molecule has 1 heterocycles. The van der Waals surface area contributed by atoms with Crippen LogP contribution in [0, 0.1) is 0 Å². The Bertz CT molecular complexity index is 973. The maximum Gasteiger partial charge on any atom is 0.348 e. The van der Waals surface area contributed by atoms with Crippen molar-refractivity contribution < 1.29 is 19.0 Å². The zero-order valence-electron chi connectivity index (χ0n) is 17.2. The lowest BCUT2D eigenvalue weighted by Gasteiger charge is -2.08. The topological polar surface area (TPSA) is 44.8 Å². The molecule has 0 saturated heterocycles. The van der Waals surface area contributed by atoms with Crippen LogP contribution >= 0.6 is 11.3 Å². The van der Waals surface area contributed by atoms with Crippen LogP contribution in [0.3, 0.4) is 0 Å². The van der Waals surface area contributed by atoms with Gasteiger partial charge in [0.1, 0.15) is 36.2 Å². The van der Waals surface area contributed by atoms with Crippen LogP contribution in [0.5, 0.6) is 11.5 Å². The van der Waals surface area contributed by atoms with Gasteiger partial charge in [-0.3, -0.25) is 0 Å². The third-order valence-corrected chi connectivity index (χ3v) is 5.45. The Morgan fingerprint density at radius 2 is 1.29 bits per heavy atom. The van der Waals surface area contributed by atoms with E-state index in [-0.39, 0.29) is 12.6 Å². The summed E-state index contributed by atoms with van der Waals surface area (Å²) >= 11 is 1.40. The second-order valence-electron chi connectivity index (χ2n) is 6.49. The normalized spacial score (nSPS) is 10.2. The van der Waals surface area contributed by atoms with E-state index in [0.29, 0.717) is 18.1 Å². The van der Waals surface area contributed by atoms with Gasteiger partial charge in [-0.25, -0.2) is 4.79 Å². The third-order valence-electron chi connectivity index (χ3n) is 4.28. The van der Waals surface area contributed by atoms with Crippen LogP contribution in [0.15, 0.2) is 92.6 Å². The molecule has 2 aromatic carbocycles. The van der Waals surface area contributed by atoms with E-state index in [1.807, 2.05) is 54.6 Å². The summed E-state index contributed by atoms with van der Waals surface area (Å²) < 4.78 is 16.4. The molecule has 0 atom stereocenters. The van der Waals surface area contributed by atoms with Crippen molar-refractivity contribution in [3.8, 4) is 33.1 Å². The molecule has 0 bridgehead atoms. The van der Waals surface area contributed by atoms with Crippen LogP contribution in [0.4, 0.5) is 0 Å². The Labute approximate surface area is 186 Å². The van der Waals surface area contributed by atoms with Gasteiger partial charge in [-0.15, -0.1) is 11.3 Å². The molecule has 0 amide bonds. The van der Waals surface area contributed by atoms with Gasteiger partial charge in [0.05, 0.1) is 0 Å². The van der Waals surface area contributed by atoms with Crippen LogP contribution in [0.1, 0.15) is 9.67 Å². The Hall–Kier alpha value is -3.57. The van der Waals surface area contributed by atoms with Crippen LogP contribution < -0.4 is 9.47 Å². The lowest BCUT2D eigenvalue weighted by atomic mass is 10.0. The van der Waals surface area contributed by atoms with E-state index in [0.717, 1.165) is 33.1 Å².